The summed E-state index contributed by atoms with van der Waals surface area (Å²) in [6.07, 6.45) is 1.92. The van der Waals surface area contributed by atoms with E-state index in [-0.39, 0.29) is 10.8 Å². The molecule has 2 fully saturated rings. The number of methoxy groups -OCH3 is 3. The van der Waals surface area contributed by atoms with Crippen molar-refractivity contribution in [3.63, 3.8) is 0 Å². The minimum Gasteiger partial charge on any atom is -0.497 e. The molecule has 196 valence electrons. The van der Waals surface area contributed by atoms with Gasteiger partial charge in [0.2, 0.25) is 10.0 Å². The number of ether oxygens (including phenoxy) is 3. The first-order chi connectivity index (χ1) is 17.3. The first-order valence-electron chi connectivity index (χ1n) is 12.2. The first kappa shape index (κ1) is 26.1. The van der Waals surface area contributed by atoms with Gasteiger partial charge in [-0.25, -0.2) is 8.42 Å². The molecule has 2 aliphatic heterocycles. The molecule has 0 radical (unpaired) electrons. The van der Waals surface area contributed by atoms with E-state index in [1.165, 1.54) is 0 Å². The topological polar surface area (TPSA) is 88.6 Å². The summed E-state index contributed by atoms with van der Waals surface area (Å²) in [7, 11) is 1.09. The highest BCUT2D eigenvalue weighted by molar-refractivity contribution is 7.89. The molecule has 2 aromatic rings. The monoisotopic (exact) mass is 517 g/mol. The van der Waals surface area contributed by atoms with Crippen LogP contribution in [-0.4, -0.2) is 84.1 Å². The number of hydrogen-bond acceptors (Lipinski definition) is 7. The smallest absolute Gasteiger partial charge is 0.254 e. The Labute approximate surface area is 213 Å². The lowest BCUT2D eigenvalue weighted by molar-refractivity contribution is 0.0746. The minimum atomic E-state index is -3.59. The average molecular weight is 518 g/mol. The third-order valence-electron chi connectivity index (χ3n) is 6.91. The van der Waals surface area contributed by atoms with Gasteiger partial charge in [0.05, 0.1) is 31.9 Å². The third-order valence-corrected chi connectivity index (χ3v) is 8.77. The number of nitrogens with zero attached hydrogens (tertiary/aromatic N) is 3. The van der Waals surface area contributed by atoms with E-state index in [0.717, 1.165) is 18.5 Å². The summed E-state index contributed by atoms with van der Waals surface area (Å²) >= 11 is 0. The number of hydrogen-bond donors (Lipinski definition) is 0. The van der Waals surface area contributed by atoms with Crippen molar-refractivity contribution in [1.29, 1.82) is 0 Å². The SMILES string of the molecule is COc1cc(OC)cc(C(=O)N2CCN(c3cc(S(=O)(=O)N4CCC[C@@H](C)C4)ccc3OC)CC2)c1. The van der Waals surface area contributed by atoms with Gasteiger partial charge in [0.15, 0.2) is 0 Å². The fourth-order valence-corrected chi connectivity index (χ4v) is 6.47. The van der Waals surface area contributed by atoms with Gasteiger partial charge in [-0.1, -0.05) is 6.92 Å². The van der Waals surface area contributed by atoms with Crippen molar-refractivity contribution in [2.24, 2.45) is 5.92 Å². The van der Waals surface area contributed by atoms with Crippen LogP contribution in [0.1, 0.15) is 30.1 Å². The van der Waals surface area contributed by atoms with Gasteiger partial charge in [0.25, 0.3) is 5.91 Å². The Bertz CT molecular complexity index is 1170. The number of piperazine rings is 1. The first-order valence-corrected chi connectivity index (χ1v) is 13.7. The normalized spacial score (nSPS) is 19.2. The molecule has 2 aromatic carbocycles. The lowest BCUT2D eigenvalue weighted by atomic mass is 10.0. The summed E-state index contributed by atoms with van der Waals surface area (Å²) in [6.45, 7) is 5.25. The number of carbonyl (C=O) groups is 1. The Morgan fingerprint density at radius 3 is 2.14 bits per heavy atom. The molecular formula is C26H35N3O6S. The highest BCUT2D eigenvalue weighted by Crippen LogP contribution is 2.34. The van der Waals surface area contributed by atoms with Crippen LogP contribution in [-0.2, 0) is 10.0 Å². The molecule has 2 aliphatic rings. The molecule has 0 saturated carbocycles. The van der Waals surface area contributed by atoms with Crippen molar-refractivity contribution in [3.8, 4) is 17.2 Å². The maximum Gasteiger partial charge on any atom is 0.254 e. The van der Waals surface area contributed by atoms with Crippen molar-refractivity contribution >= 4 is 21.6 Å². The van der Waals surface area contributed by atoms with Crippen LogP contribution in [0.5, 0.6) is 17.2 Å². The molecular weight excluding hydrogens is 482 g/mol. The van der Waals surface area contributed by atoms with Crippen LogP contribution in [0.25, 0.3) is 0 Å². The van der Waals surface area contributed by atoms with Gasteiger partial charge in [0.1, 0.15) is 17.2 Å². The largest absolute Gasteiger partial charge is 0.497 e. The van der Waals surface area contributed by atoms with Crippen molar-refractivity contribution < 1.29 is 27.4 Å². The molecule has 1 atom stereocenters. The van der Waals surface area contributed by atoms with E-state index in [4.69, 9.17) is 14.2 Å². The van der Waals surface area contributed by atoms with E-state index in [2.05, 4.69) is 11.8 Å². The van der Waals surface area contributed by atoms with Gasteiger partial charge in [-0.05, 0) is 49.1 Å². The minimum absolute atomic E-state index is 0.102. The lowest BCUT2D eigenvalue weighted by Crippen LogP contribution is -2.49. The number of rotatable bonds is 7. The van der Waals surface area contributed by atoms with Crippen LogP contribution in [0.4, 0.5) is 5.69 Å². The fraction of sp³-hybridized carbons (Fsp3) is 0.500. The van der Waals surface area contributed by atoms with E-state index >= 15 is 0 Å². The number of sulfonamides is 1. The Morgan fingerprint density at radius 2 is 1.56 bits per heavy atom. The molecule has 2 saturated heterocycles. The van der Waals surface area contributed by atoms with Gasteiger partial charge in [-0.3, -0.25) is 4.79 Å². The Morgan fingerprint density at radius 1 is 0.889 bits per heavy atom. The third kappa shape index (κ3) is 5.39. The number of benzene rings is 2. The molecule has 10 heteroatoms. The molecule has 4 rings (SSSR count). The average Bonchev–Trinajstić information content (AvgIpc) is 2.92. The molecule has 0 aliphatic carbocycles. The maximum atomic E-state index is 13.4. The summed E-state index contributed by atoms with van der Waals surface area (Å²) in [5.41, 5.74) is 1.22. The maximum absolute atomic E-state index is 13.4. The summed E-state index contributed by atoms with van der Waals surface area (Å²) < 4.78 is 44.5. The van der Waals surface area contributed by atoms with Crippen LogP contribution >= 0.6 is 0 Å². The summed E-state index contributed by atoms with van der Waals surface area (Å²) in [6, 6.07) is 10.2. The quantitative estimate of drug-likeness (QED) is 0.558. The van der Waals surface area contributed by atoms with Crippen LogP contribution < -0.4 is 19.1 Å². The molecule has 0 N–H and O–H groups in total. The molecule has 0 bridgehead atoms. The summed E-state index contributed by atoms with van der Waals surface area (Å²) in [4.78, 5) is 17.3. The van der Waals surface area contributed by atoms with Crippen molar-refractivity contribution in [1.82, 2.24) is 9.21 Å². The number of carbonyl (C=O) groups excluding carboxylic acids is 1. The second kappa shape index (κ2) is 11.0. The fourth-order valence-electron chi connectivity index (χ4n) is 4.85. The number of anilines is 1. The number of piperidine rings is 1. The Balaban J connectivity index is 1.51. The zero-order chi connectivity index (χ0) is 25.9. The standard InChI is InChI=1S/C26H35N3O6S/c1-19-6-5-9-29(18-19)36(31,32)23-7-8-25(35-4)24(17-23)27-10-12-28(13-11-27)26(30)20-14-21(33-2)16-22(15-20)34-3/h7-8,14-17,19H,5-6,9-13,18H2,1-4H3/t19-/m1/s1. The van der Waals surface area contributed by atoms with Gasteiger partial charge < -0.3 is 24.0 Å². The van der Waals surface area contributed by atoms with Crippen molar-refractivity contribution in [3.05, 3.63) is 42.0 Å². The Kier molecular flexibility index (Phi) is 7.94. The van der Waals surface area contributed by atoms with Gasteiger partial charge in [-0.2, -0.15) is 4.31 Å². The number of amides is 1. The van der Waals surface area contributed by atoms with Gasteiger partial charge in [0, 0.05) is 50.9 Å². The van der Waals surface area contributed by atoms with E-state index in [1.807, 2.05) is 0 Å². The van der Waals surface area contributed by atoms with Crippen LogP contribution in [0.2, 0.25) is 0 Å². The summed E-state index contributed by atoms with van der Waals surface area (Å²) in [5, 5.41) is 0. The van der Waals surface area contributed by atoms with E-state index in [1.54, 1.807) is 66.9 Å². The highest BCUT2D eigenvalue weighted by atomic mass is 32.2. The zero-order valence-corrected chi connectivity index (χ0v) is 22.2. The van der Waals surface area contributed by atoms with Crippen molar-refractivity contribution in [2.75, 3.05) is 65.5 Å². The predicted octanol–water partition coefficient (Wildman–Crippen LogP) is 3.10. The van der Waals surface area contributed by atoms with Crippen LogP contribution in [0.3, 0.4) is 0 Å². The molecule has 0 spiro atoms. The second-order valence-corrected chi connectivity index (χ2v) is 11.3. The van der Waals surface area contributed by atoms with Crippen LogP contribution in [0.15, 0.2) is 41.3 Å². The summed E-state index contributed by atoms with van der Waals surface area (Å²) in [5.74, 6) is 1.97. The predicted molar refractivity (Wildman–Crippen MR) is 138 cm³/mol. The molecule has 1 amide bonds. The lowest BCUT2D eigenvalue weighted by Gasteiger charge is -2.37. The second-order valence-electron chi connectivity index (χ2n) is 9.32. The molecule has 36 heavy (non-hydrogen) atoms. The van der Waals surface area contributed by atoms with E-state index in [0.29, 0.717) is 68.0 Å². The van der Waals surface area contributed by atoms with Crippen LogP contribution in [0, 0.1) is 5.92 Å². The Hall–Kier alpha value is -2.98. The van der Waals surface area contributed by atoms with Gasteiger partial charge in [-0.15, -0.1) is 0 Å². The van der Waals surface area contributed by atoms with E-state index in [9.17, 15) is 13.2 Å². The molecule has 0 unspecified atom stereocenters. The van der Waals surface area contributed by atoms with Crippen molar-refractivity contribution in [2.45, 2.75) is 24.7 Å². The van der Waals surface area contributed by atoms with Gasteiger partial charge >= 0.3 is 0 Å². The molecule has 2 heterocycles. The zero-order valence-electron chi connectivity index (χ0n) is 21.4. The van der Waals surface area contributed by atoms with E-state index < -0.39 is 10.0 Å². The molecule has 0 aromatic heterocycles. The molecule has 9 nitrogen and oxygen atoms in total. The highest BCUT2D eigenvalue weighted by Gasteiger charge is 2.31.